The Kier molecular flexibility index (Phi) is 4.74. The zero-order valence-electron chi connectivity index (χ0n) is 13.5. The van der Waals surface area contributed by atoms with E-state index in [1.165, 1.54) is 12.1 Å². The molecule has 2 aromatic carbocycles. The second-order valence-electron chi connectivity index (χ2n) is 5.50. The van der Waals surface area contributed by atoms with Crippen LogP contribution in [0.25, 0.3) is 0 Å². The van der Waals surface area contributed by atoms with Crippen LogP contribution < -0.4 is 10.5 Å². The Morgan fingerprint density at radius 2 is 1.88 bits per heavy atom. The fourth-order valence-corrected chi connectivity index (χ4v) is 2.24. The Morgan fingerprint density at radius 3 is 2.52 bits per heavy atom. The highest BCUT2D eigenvalue weighted by atomic mass is 19.1. The molecule has 1 unspecified atom stereocenters. The number of rotatable bonds is 6. The summed E-state index contributed by atoms with van der Waals surface area (Å²) in [6.45, 7) is 1.77. The maximum absolute atomic E-state index is 12.9. The summed E-state index contributed by atoms with van der Waals surface area (Å²) in [5, 5.41) is 3.91. The van der Waals surface area contributed by atoms with Gasteiger partial charge in [-0.05, 0) is 48.9 Å². The number of primary amides is 1. The van der Waals surface area contributed by atoms with Gasteiger partial charge >= 0.3 is 0 Å². The highest BCUT2D eigenvalue weighted by Gasteiger charge is 2.16. The minimum Gasteiger partial charge on any atom is -0.481 e. The third-order valence-electron chi connectivity index (χ3n) is 3.56. The number of ether oxygens (including phenoxy) is 1. The highest BCUT2D eigenvalue weighted by molar-refractivity contribution is 5.92. The summed E-state index contributed by atoms with van der Waals surface area (Å²) in [6.07, 6.45) is -0.0297. The van der Waals surface area contributed by atoms with E-state index in [1.54, 1.807) is 43.3 Å². The van der Waals surface area contributed by atoms with Crippen LogP contribution in [0.15, 0.2) is 53.1 Å². The van der Waals surface area contributed by atoms with Gasteiger partial charge in [-0.3, -0.25) is 4.79 Å². The molecule has 25 heavy (non-hydrogen) atoms. The molecule has 0 aliphatic carbocycles. The van der Waals surface area contributed by atoms with Gasteiger partial charge in [-0.1, -0.05) is 17.3 Å². The minimum absolute atomic E-state index is 0.290. The molecule has 3 aromatic rings. The topological polar surface area (TPSA) is 91.2 Å². The first kappa shape index (κ1) is 16.6. The zero-order valence-corrected chi connectivity index (χ0v) is 13.5. The van der Waals surface area contributed by atoms with Crippen molar-refractivity contribution in [3.8, 4) is 5.75 Å². The van der Waals surface area contributed by atoms with Gasteiger partial charge in [0.2, 0.25) is 5.91 Å². The quantitative estimate of drug-likeness (QED) is 0.744. The molecule has 1 amide bonds. The second kappa shape index (κ2) is 7.12. The summed E-state index contributed by atoms with van der Waals surface area (Å²) in [7, 11) is 0. The number of amides is 1. The van der Waals surface area contributed by atoms with Crippen LogP contribution >= 0.6 is 0 Å². The predicted octanol–water partition coefficient (Wildman–Crippen LogP) is 3.04. The van der Waals surface area contributed by atoms with Crippen LogP contribution in [-0.2, 0) is 6.42 Å². The molecule has 0 spiro atoms. The smallest absolute Gasteiger partial charge is 0.267 e. The van der Waals surface area contributed by atoms with Crippen molar-refractivity contribution in [3.63, 3.8) is 0 Å². The first-order valence-electron chi connectivity index (χ1n) is 7.64. The Bertz CT molecular complexity index is 860. The van der Waals surface area contributed by atoms with Crippen molar-refractivity contribution in [2.24, 2.45) is 5.73 Å². The number of hydrogen-bond acceptors (Lipinski definition) is 5. The lowest BCUT2D eigenvalue weighted by atomic mass is 10.1. The van der Waals surface area contributed by atoms with Crippen molar-refractivity contribution >= 4 is 5.91 Å². The fourth-order valence-electron chi connectivity index (χ4n) is 2.24. The van der Waals surface area contributed by atoms with E-state index in [-0.39, 0.29) is 5.82 Å². The van der Waals surface area contributed by atoms with Crippen molar-refractivity contribution in [3.05, 3.63) is 77.2 Å². The monoisotopic (exact) mass is 341 g/mol. The molecular weight excluding hydrogens is 325 g/mol. The molecule has 2 N–H and O–H groups in total. The van der Waals surface area contributed by atoms with Crippen LogP contribution in [0.3, 0.4) is 0 Å². The summed E-state index contributed by atoms with van der Waals surface area (Å²) in [5.74, 6) is 0.580. The molecule has 0 saturated heterocycles. The average Bonchev–Trinajstić information content (AvgIpc) is 3.06. The first-order chi connectivity index (χ1) is 12.0. The van der Waals surface area contributed by atoms with Crippen molar-refractivity contribution in [1.29, 1.82) is 0 Å². The van der Waals surface area contributed by atoms with Crippen LogP contribution in [-0.4, -0.2) is 16.0 Å². The number of nitrogens with zero attached hydrogens (tertiary/aromatic N) is 2. The number of benzene rings is 2. The van der Waals surface area contributed by atoms with Crippen LogP contribution in [0, 0.1) is 5.82 Å². The number of halogens is 1. The predicted molar refractivity (Wildman–Crippen MR) is 87.5 cm³/mol. The molecule has 0 bridgehead atoms. The normalized spacial score (nSPS) is 11.9. The number of nitrogens with two attached hydrogens (primary N) is 1. The molecule has 0 aliphatic rings. The lowest BCUT2D eigenvalue weighted by Crippen LogP contribution is -2.10. The SMILES string of the molecule is CC(Oc1ccc(C(N)=O)cc1)c1nc(Cc2ccc(F)cc2)no1. The molecule has 0 fully saturated rings. The van der Waals surface area contributed by atoms with Gasteiger partial charge < -0.3 is 15.0 Å². The average molecular weight is 341 g/mol. The molecule has 1 aromatic heterocycles. The zero-order chi connectivity index (χ0) is 17.8. The van der Waals surface area contributed by atoms with E-state index in [2.05, 4.69) is 10.1 Å². The van der Waals surface area contributed by atoms with E-state index < -0.39 is 12.0 Å². The van der Waals surface area contributed by atoms with E-state index in [0.717, 1.165) is 5.56 Å². The molecule has 1 heterocycles. The lowest BCUT2D eigenvalue weighted by molar-refractivity contribution is 0.1000. The summed E-state index contributed by atoms with van der Waals surface area (Å²) >= 11 is 0. The van der Waals surface area contributed by atoms with Crippen molar-refractivity contribution < 1.29 is 18.4 Å². The van der Waals surface area contributed by atoms with E-state index >= 15 is 0 Å². The second-order valence-corrected chi connectivity index (χ2v) is 5.50. The Balaban J connectivity index is 1.64. The molecule has 7 heteroatoms. The number of hydrogen-bond donors (Lipinski definition) is 1. The van der Waals surface area contributed by atoms with Gasteiger partial charge in [0.05, 0.1) is 0 Å². The molecule has 6 nitrogen and oxygen atoms in total. The van der Waals surface area contributed by atoms with E-state index in [4.69, 9.17) is 15.0 Å². The maximum atomic E-state index is 12.9. The summed E-state index contributed by atoms with van der Waals surface area (Å²) in [6, 6.07) is 12.6. The van der Waals surface area contributed by atoms with Gasteiger partial charge in [-0.25, -0.2) is 4.39 Å². The van der Waals surface area contributed by atoms with Crippen LogP contribution in [0.5, 0.6) is 5.75 Å². The molecule has 128 valence electrons. The highest BCUT2D eigenvalue weighted by Crippen LogP contribution is 2.21. The van der Waals surface area contributed by atoms with Crippen molar-refractivity contribution in [1.82, 2.24) is 10.1 Å². The van der Waals surface area contributed by atoms with Crippen molar-refractivity contribution in [2.75, 3.05) is 0 Å². The van der Waals surface area contributed by atoms with E-state index in [1.807, 2.05) is 0 Å². The van der Waals surface area contributed by atoms with Crippen LogP contribution in [0.2, 0.25) is 0 Å². The molecule has 1 atom stereocenters. The van der Waals surface area contributed by atoms with Crippen LogP contribution in [0.4, 0.5) is 4.39 Å². The third-order valence-corrected chi connectivity index (χ3v) is 3.56. The third kappa shape index (κ3) is 4.20. The molecule has 0 radical (unpaired) electrons. The first-order valence-corrected chi connectivity index (χ1v) is 7.64. The van der Waals surface area contributed by atoms with Gasteiger partial charge in [0.1, 0.15) is 11.6 Å². The number of aromatic nitrogens is 2. The van der Waals surface area contributed by atoms with Gasteiger partial charge in [0.15, 0.2) is 11.9 Å². The summed E-state index contributed by atoms with van der Waals surface area (Å²) in [4.78, 5) is 15.4. The largest absolute Gasteiger partial charge is 0.481 e. The summed E-state index contributed by atoms with van der Waals surface area (Å²) < 4.78 is 23.9. The van der Waals surface area contributed by atoms with Crippen LogP contribution in [0.1, 0.15) is 40.7 Å². The Hall–Kier alpha value is -3.22. The maximum Gasteiger partial charge on any atom is 0.267 e. The molecule has 0 aliphatic heterocycles. The van der Waals surface area contributed by atoms with Gasteiger partial charge in [-0.2, -0.15) is 4.98 Å². The standard InChI is InChI=1S/C18H16FN3O3/c1-11(24-15-8-4-13(5-9-15)17(20)23)18-21-16(22-25-18)10-12-2-6-14(19)7-3-12/h2-9,11H,10H2,1H3,(H2,20,23). The number of carbonyl (C=O) groups excluding carboxylic acids is 1. The van der Waals surface area contributed by atoms with Crippen molar-refractivity contribution in [2.45, 2.75) is 19.4 Å². The Labute approximate surface area is 143 Å². The minimum atomic E-state index is -0.498. The lowest BCUT2D eigenvalue weighted by Gasteiger charge is -2.10. The van der Waals surface area contributed by atoms with E-state index in [0.29, 0.717) is 29.4 Å². The van der Waals surface area contributed by atoms with Gasteiger partial charge in [0.25, 0.3) is 5.89 Å². The Morgan fingerprint density at radius 1 is 1.20 bits per heavy atom. The summed E-state index contributed by atoms with van der Waals surface area (Å²) in [5.41, 5.74) is 6.48. The molecule has 3 rings (SSSR count). The van der Waals surface area contributed by atoms with E-state index in [9.17, 15) is 9.18 Å². The molecule has 0 saturated carbocycles. The number of carbonyl (C=O) groups is 1. The molecular formula is C18H16FN3O3. The van der Waals surface area contributed by atoms with Gasteiger partial charge in [0, 0.05) is 12.0 Å². The fraction of sp³-hybridized carbons (Fsp3) is 0.167. The van der Waals surface area contributed by atoms with Gasteiger partial charge in [-0.15, -0.1) is 0 Å².